The zero-order valence-electron chi connectivity index (χ0n) is 19.2. The highest BCUT2D eigenvalue weighted by molar-refractivity contribution is 14.0. The molecule has 3 heterocycles. The van der Waals surface area contributed by atoms with Gasteiger partial charge in [-0.25, -0.2) is 0 Å². The standard InChI is InChI=1S/C22H39N5OS.HI/c1-17-14-27(15-18(2)28-17)22(3,4)16-25-21(23-5)24-13-19(20-9-8-12-29-20)26-10-6-7-11-26;/h8-9,12,17-19H,6-7,10-11,13-16H2,1-5H3,(H2,23,24,25);1H. The first-order valence-electron chi connectivity index (χ1n) is 11.0. The Morgan fingerprint density at radius 3 is 2.47 bits per heavy atom. The van der Waals surface area contributed by atoms with E-state index in [2.05, 4.69) is 70.6 Å². The molecular formula is C22H40IN5OS. The van der Waals surface area contributed by atoms with Gasteiger partial charge in [0.05, 0.1) is 18.2 Å². The number of halogens is 1. The number of guanidine groups is 1. The average molecular weight is 550 g/mol. The lowest BCUT2D eigenvalue weighted by Gasteiger charge is -2.45. The summed E-state index contributed by atoms with van der Waals surface area (Å²) in [4.78, 5) is 11.1. The van der Waals surface area contributed by atoms with Crippen molar-refractivity contribution in [2.45, 2.75) is 64.3 Å². The molecule has 2 aliphatic heterocycles. The molecule has 2 saturated heterocycles. The molecule has 1 aromatic heterocycles. The topological polar surface area (TPSA) is 52.1 Å². The third kappa shape index (κ3) is 7.05. The Balaban J connectivity index is 0.00000320. The number of morpholine rings is 1. The number of aliphatic imine (C=N–C) groups is 1. The smallest absolute Gasteiger partial charge is 0.191 e. The largest absolute Gasteiger partial charge is 0.373 e. The molecule has 3 rings (SSSR count). The Bertz CT molecular complexity index is 638. The maximum absolute atomic E-state index is 5.91. The summed E-state index contributed by atoms with van der Waals surface area (Å²) in [5, 5.41) is 9.34. The molecular weight excluding hydrogens is 509 g/mol. The van der Waals surface area contributed by atoms with Crippen LogP contribution in [0.15, 0.2) is 22.5 Å². The Morgan fingerprint density at radius 1 is 1.23 bits per heavy atom. The molecule has 0 aromatic carbocycles. The van der Waals surface area contributed by atoms with E-state index in [1.807, 2.05) is 18.4 Å². The van der Waals surface area contributed by atoms with E-state index in [1.165, 1.54) is 30.8 Å². The molecule has 30 heavy (non-hydrogen) atoms. The molecule has 2 aliphatic rings. The number of nitrogens with zero attached hydrogens (tertiary/aromatic N) is 3. The van der Waals surface area contributed by atoms with Crippen LogP contribution in [-0.4, -0.2) is 79.8 Å². The molecule has 1 aromatic rings. The van der Waals surface area contributed by atoms with Gasteiger partial charge >= 0.3 is 0 Å². The predicted octanol–water partition coefficient (Wildman–Crippen LogP) is 3.56. The van der Waals surface area contributed by atoms with Crippen molar-refractivity contribution < 1.29 is 4.74 Å². The highest BCUT2D eigenvalue weighted by atomic mass is 127. The SMILES string of the molecule is CN=C(NCC(c1cccs1)N1CCCC1)NCC(C)(C)N1CC(C)OC(C)C1.I. The third-order valence-electron chi connectivity index (χ3n) is 6.10. The molecule has 0 amide bonds. The molecule has 172 valence electrons. The fourth-order valence-corrected chi connectivity index (χ4v) is 5.30. The van der Waals surface area contributed by atoms with E-state index in [0.717, 1.165) is 32.1 Å². The highest BCUT2D eigenvalue weighted by Gasteiger charge is 2.33. The van der Waals surface area contributed by atoms with E-state index in [0.29, 0.717) is 6.04 Å². The van der Waals surface area contributed by atoms with Gasteiger partial charge in [0.15, 0.2) is 5.96 Å². The summed E-state index contributed by atoms with van der Waals surface area (Å²) in [6.45, 7) is 15.0. The first kappa shape index (κ1) is 25.8. The van der Waals surface area contributed by atoms with E-state index < -0.39 is 0 Å². The number of likely N-dealkylation sites (tertiary alicyclic amines) is 1. The second kappa shape index (κ2) is 12.0. The van der Waals surface area contributed by atoms with Crippen LogP contribution >= 0.6 is 35.3 Å². The van der Waals surface area contributed by atoms with Gasteiger partial charge in [-0.3, -0.25) is 14.8 Å². The van der Waals surface area contributed by atoms with Gasteiger partial charge in [-0.15, -0.1) is 35.3 Å². The van der Waals surface area contributed by atoms with Crippen LogP contribution < -0.4 is 10.6 Å². The lowest BCUT2D eigenvalue weighted by molar-refractivity contribution is -0.0946. The Kier molecular flexibility index (Phi) is 10.3. The molecule has 6 nitrogen and oxygen atoms in total. The van der Waals surface area contributed by atoms with E-state index in [9.17, 15) is 0 Å². The number of thiophene rings is 1. The Morgan fingerprint density at radius 2 is 1.90 bits per heavy atom. The number of hydrogen-bond donors (Lipinski definition) is 2. The zero-order valence-corrected chi connectivity index (χ0v) is 22.3. The highest BCUT2D eigenvalue weighted by Crippen LogP contribution is 2.27. The van der Waals surface area contributed by atoms with Crippen LogP contribution in [0, 0.1) is 0 Å². The molecule has 8 heteroatoms. The average Bonchev–Trinajstić information content (AvgIpc) is 3.38. The summed E-state index contributed by atoms with van der Waals surface area (Å²) in [6.07, 6.45) is 3.17. The monoisotopic (exact) mass is 549 g/mol. The predicted molar refractivity (Wildman–Crippen MR) is 138 cm³/mol. The van der Waals surface area contributed by atoms with Gasteiger partial charge in [-0.2, -0.15) is 0 Å². The molecule has 0 bridgehead atoms. The minimum absolute atomic E-state index is 0. The minimum Gasteiger partial charge on any atom is -0.373 e. The van der Waals surface area contributed by atoms with Crippen LogP contribution in [0.3, 0.4) is 0 Å². The third-order valence-corrected chi connectivity index (χ3v) is 7.08. The second-order valence-corrected chi connectivity index (χ2v) is 10.0. The maximum Gasteiger partial charge on any atom is 0.191 e. The Hall–Kier alpha value is -0.420. The molecule has 2 N–H and O–H groups in total. The molecule has 2 fully saturated rings. The van der Waals surface area contributed by atoms with Crippen molar-refractivity contribution in [2.24, 2.45) is 4.99 Å². The van der Waals surface area contributed by atoms with Crippen molar-refractivity contribution >= 4 is 41.3 Å². The molecule has 3 atom stereocenters. The van der Waals surface area contributed by atoms with Crippen LogP contribution in [0.25, 0.3) is 0 Å². The molecule has 0 saturated carbocycles. The first-order chi connectivity index (χ1) is 13.9. The zero-order chi connectivity index (χ0) is 20.9. The summed E-state index contributed by atoms with van der Waals surface area (Å²) in [7, 11) is 1.86. The summed E-state index contributed by atoms with van der Waals surface area (Å²) in [5.41, 5.74) is 0.0338. The van der Waals surface area contributed by atoms with Gasteiger partial charge in [0.1, 0.15) is 0 Å². The Labute approximate surface area is 203 Å². The van der Waals surface area contributed by atoms with Crippen LogP contribution in [0.5, 0.6) is 0 Å². The van der Waals surface area contributed by atoms with Gasteiger partial charge < -0.3 is 15.4 Å². The molecule has 0 radical (unpaired) electrons. The van der Waals surface area contributed by atoms with Crippen LogP contribution in [-0.2, 0) is 4.74 Å². The van der Waals surface area contributed by atoms with Crippen LogP contribution in [0.1, 0.15) is 51.5 Å². The summed E-state index contributed by atoms with van der Waals surface area (Å²) in [5.74, 6) is 0.883. The van der Waals surface area contributed by atoms with E-state index >= 15 is 0 Å². The van der Waals surface area contributed by atoms with E-state index in [4.69, 9.17) is 4.74 Å². The van der Waals surface area contributed by atoms with E-state index in [1.54, 1.807) is 0 Å². The summed E-state index contributed by atoms with van der Waals surface area (Å²) >= 11 is 1.85. The molecule has 0 spiro atoms. The quantitative estimate of drug-likeness (QED) is 0.310. The minimum atomic E-state index is 0. The van der Waals surface area contributed by atoms with Crippen LogP contribution in [0.2, 0.25) is 0 Å². The van der Waals surface area contributed by atoms with Crippen molar-refractivity contribution in [2.75, 3.05) is 46.3 Å². The van der Waals surface area contributed by atoms with Gasteiger partial charge in [0.25, 0.3) is 0 Å². The fraction of sp³-hybridized carbons (Fsp3) is 0.773. The number of ether oxygens (including phenoxy) is 1. The summed E-state index contributed by atoms with van der Waals surface area (Å²) < 4.78 is 5.91. The van der Waals surface area contributed by atoms with Crippen molar-refractivity contribution in [1.82, 2.24) is 20.4 Å². The normalized spacial score (nSPS) is 25.0. The first-order valence-corrected chi connectivity index (χ1v) is 11.9. The van der Waals surface area contributed by atoms with Gasteiger partial charge in [-0.05, 0) is 65.1 Å². The lowest BCUT2D eigenvalue weighted by Crippen LogP contribution is -2.59. The maximum atomic E-state index is 5.91. The fourth-order valence-electron chi connectivity index (χ4n) is 4.44. The van der Waals surface area contributed by atoms with Crippen molar-refractivity contribution in [3.05, 3.63) is 22.4 Å². The van der Waals surface area contributed by atoms with Crippen LogP contribution in [0.4, 0.5) is 0 Å². The van der Waals surface area contributed by atoms with Gasteiger partial charge in [0.2, 0.25) is 0 Å². The van der Waals surface area contributed by atoms with Crippen molar-refractivity contribution in [3.63, 3.8) is 0 Å². The lowest BCUT2D eigenvalue weighted by atomic mass is 10.00. The summed E-state index contributed by atoms with van der Waals surface area (Å²) in [6, 6.07) is 4.84. The van der Waals surface area contributed by atoms with Crippen molar-refractivity contribution in [1.29, 1.82) is 0 Å². The van der Waals surface area contributed by atoms with Gasteiger partial charge in [-0.1, -0.05) is 6.07 Å². The van der Waals surface area contributed by atoms with E-state index in [-0.39, 0.29) is 41.7 Å². The van der Waals surface area contributed by atoms with Gasteiger partial charge in [0, 0.05) is 43.6 Å². The second-order valence-electron chi connectivity index (χ2n) is 9.06. The molecule has 0 aliphatic carbocycles. The number of nitrogens with one attached hydrogen (secondary N) is 2. The van der Waals surface area contributed by atoms with Crippen molar-refractivity contribution in [3.8, 4) is 0 Å². The number of hydrogen-bond acceptors (Lipinski definition) is 5. The molecule has 3 unspecified atom stereocenters. The number of rotatable bonds is 7.